The molecule has 9 heteroatoms. The van der Waals surface area contributed by atoms with E-state index in [0.717, 1.165) is 94.1 Å². The van der Waals surface area contributed by atoms with Crippen molar-refractivity contribution in [3.63, 3.8) is 0 Å². The zero-order valence-electron chi connectivity index (χ0n) is 29.6. The van der Waals surface area contributed by atoms with Gasteiger partial charge in [0, 0.05) is 48.0 Å². The Morgan fingerprint density at radius 1 is 1.12 bits per heavy atom. The first kappa shape index (κ1) is 34.9. The van der Waals surface area contributed by atoms with Gasteiger partial charge in [0.05, 0.1) is 27.6 Å². The average molecular weight is 708 g/mol. The van der Waals surface area contributed by atoms with Crippen molar-refractivity contribution in [2.24, 2.45) is 17.8 Å². The number of hydrogen-bond donors (Lipinski definition) is 1. The number of carbonyl (C=O) groups is 1. The van der Waals surface area contributed by atoms with Gasteiger partial charge >= 0.3 is 0 Å². The van der Waals surface area contributed by atoms with E-state index >= 15 is 0 Å². The van der Waals surface area contributed by atoms with E-state index in [2.05, 4.69) is 51.6 Å². The molecule has 7 nitrogen and oxygen atoms in total. The van der Waals surface area contributed by atoms with Crippen molar-refractivity contribution in [1.29, 1.82) is 0 Å². The van der Waals surface area contributed by atoms with E-state index in [0.29, 0.717) is 24.0 Å². The first-order chi connectivity index (χ1) is 23.5. The van der Waals surface area contributed by atoms with E-state index in [-0.39, 0.29) is 28.1 Å². The van der Waals surface area contributed by atoms with Crippen LogP contribution in [0.15, 0.2) is 48.6 Å². The van der Waals surface area contributed by atoms with E-state index in [9.17, 15) is 9.00 Å². The van der Waals surface area contributed by atoms with Gasteiger partial charge in [0.1, 0.15) is 5.75 Å². The molecule has 2 aromatic rings. The number of methoxy groups -OCH3 is 1. The van der Waals surface area contributed by atoms with Crippen molar-refractivity contribution in [3.05, 3.63) is 70.3 Å². The molecule has 1 N–H and O–H groups in total. The third kappa shape index (κ3) is 6.80. The number of ether oxygens (including phenoxy) is 2. The molecule has 49 heavy (non-hydrogen) atoms. The predicted octanol–water partition coefficient (Wildman–Crippen LogP) is 7.06. The van der Waals surface area contributed by atoms with Gasteiger partial charge in [0.25, 0.3) is 5.91 Å². The van der Waals surface area contributed by atoms with Gasteiger partial charge in [0.2, 0.25) is 0 Å². The molecule has 5 aliphatic rings. The summed E-state index contributed by atoms with van der Waals surface area (Å²) in [5, 5.41) is 0.461. The fourth-order valence-corrected chi connectivity index (χ4v) is 11.1. The van der Waals surface area contributed by atoms with E-state index < -0.39 is 9.71 Å². The molecule has 3 aliphatic heterocycles. The summed E-state index contributed by atoms with van der Waals surface area (Å²) >= 11 is 6.50. The van der Waals surface area contributed by atoms with Gasteiger partial charge < -0.3 is 19.3 Å². The van der Waals surface area contributed by atoms with Crippen molar-refractivity contribution in [2.45, 2.75) is 87.9 Å². The van der Waals surface area contributed by atoms with Gasteiger partial charge in [-0.25, -0.2) is 4.21 Å². The van der Waals surface area contributed by atoms with Crippen LogP contribution < -0.4 is 14.4 Å². The number of rotatable bonds is 4. The number of benzene rings is 2. The number of amides is 1. The molecule has 7 rings (SSSR count). The highest BCUT2D eigenvalue weighted by molar-refractivity contribution is 7.99. The lowest BCUT2D eigenvalue weighted by atomic mass is 9.63. The van der Waals surface area contributed by atoms with Crippen LogP contribution in [0, 0.1) is 17.8 Å². The van der Waals surface area contributed by atoms with Gasteiger partial charge in [-0.15, -0.1) is 0 Å². The first-order valence-electron chi connectivity index (χ1n) is 18.5. The minimum atomic E-state index is -2.93. The largest absolute Gasteiger partial charge is 0.490 e. The Bertz CT molecular complexity index is 1690. The number of hydrogen-bond acceptors (Lipinski definition) is 6. The third-order valence-electron chi connectivity index (χ3n) is 12.8. The van der Waals surface area contributed by atoms with Crippen LogP contribution in [0.3, 0.4) is 0 Å². The van der Waals surface area contributed by atoms with Gasteiger partial charge in [-0.1, -0.05) is 36.7 Å². The van der Waals surface area contributed by atoms with E-state index in [1.165, 1.54) is 24.0 Å². The number of allylic oxidation sites excluding steroid dienone is 1. The monoisotopic (exact) mass is 707 g/mol. The maximum absolute atomic E-state index is 14.0. The minimum absolute atomic E-state index is 0.0557. The fraction of sp³-hybridized carbons (Fsp3) is 0.600. The van der Waals surface area contributed by atoms with Crippen LogP contribution in [0.1, 0.15) is 86.7 Å². The summed E-state index contributed by atoms with van der Waals surface area (Å²) in [6.07, 6.45) is 14.2. The Kier molecular flexibility index (Phi) is 9.90. The molecule has 0 radical (unpaired) electrons. The zero-order valence-corrected chi connectivity index (χ0v) is 31.1. The quantitative estimate of drug-likeness (QED) is 0.271. The van der Waals surface area contributed by atoms with Crippen LogP contribution in [-0.4, -0.2) is 78.2 Å². The van der Waals surface area contributed by atoms with Gasteiger partial charge in [-0.2, -0.15) is 0 Å². The number of anilines is 1. The molecule has 1 saturated heterocycles. The second kappa shape index (κ2) is 13.9. The standard InChI is InChI=1S/C40H54ClN3O4S/c1-28-9-7-18-40(47-3,19-22-43-20-5-6-21-43)35-14-11-32(35)25-44-26-39(17-8-10-30-23-33(41)13-15-34(30)39)27-48-37-16-12-31(24-36(37)44)38(45)42-49(4,46)29(28)2/h7,12-13,15-16,18,23-24,28-29,32,35H,4-6,8-11,14,17,19-22,25-27H2,1-3H3,(H,42,45,46)/b18-7+/t28-,29+,32-,35+,39-,40+,49?/m0/s1. The molecule has 7 atom stereocenters. The molecule has 2 fully saturated rings. The molecule has 0 aromatic heterocycles. The zero-order chi connectivity index (χ0) is 34.4. The van der Waals surface area contributed by atoms with E-state index in [4.69, 9.17) is 21.1 Å². The highest BCUT2D eigenvalue weighted by Crippen LogP contribution is 2.50. The molecular weight excluding hydrogens is 654 g/mol. The summed E-state index contributed by atoms with van der Waals surface area (Å²) in [7, 11) is -1.03. The van der Waals surface area contributed by atoms with Crippen molar-refractivity contribution < 1.29 is 18.5 Å². The lowest BCUT2D eigenvalue weighted by Crippen LogP contribution is -2.53. The molecule has 2 bridgehead atoms. The highest BCUT2D eigenvalue weighted by atomic mass is 35.5. The number of fused-ring (bicyclic) bond motifs is 4. The maximum Gasteiger partial charge on any atom is 0.262 e. The molecule has 266 valence electrons. The van der Waals surface area contributed by atoms with Crippen LogP contribution in [0.4, 0.5) is 5.69 Å². The molecule has 1 unspecified atom stereocenters. The summed E-state index contributed by atoms with van der Waals surface area (Å²) in [4.78, 5) is 18.8. The number of nitrogens with zero attached hydrogens (tertiary/aromatic N) is 2. The first-order valence-corrected chi connectivity index (χ1v) is 20.6. The summed E-state index contributed by atoms with van der Waals surface area (Å²) < 4.78 is 30.2. The highest BCUT2D eigenvalue weighted by Gasteiger charge is 2.49. The summed E-state index contributed by atoms with van der Waals surface area (Å²) in [5.74, 6) is 5.32. The van der Waals surface area contributed by atoms with Crippen molar-refractivity contribution in [1.82, 2.24) is 9.62 Å². The second-order valence-corrected chi connectivity index (χ2v) is 18.5. The molecule has 2 aliphatic carbocycles. The molecule has 2 aromatic carbocycles. The second-order valence-electron chi connectivity index (χ2n) is 15.7. The molecule has 1 amide bonds. The Morgan fingerprint density at radius 2 is 1.94 bits per heavy atom. The molecule has 1 spiro atoms. The maximum atomic E-state index is 14.0. The topological polar surface area (TPSA) is 71.1 Å². The average Bonchev–Trinajstić information content (AvgIpc) is 3.55. The van der Waals surface area contributed by atoms with Gasteiger partial charge in [0.15, 0.2) is 0 Å². The van der Waals surface area contributed by atoms with Crippen LogP contribution >= 0.6 is 11.6 Å². The summed E-state index contributed by atoms with van der Waals surface area (Å²) in [6.45, 7) is 9.59. The predicted molar refractivity (Wildman–Crippen MR) is 202 cm³/mol. The van der Waals surface area contributed by atoms with E-state index in [1.54, 1.807) is 6.07 Å². The van der Waals surface area contributed by atoms with Gasteiger partial charge in [-0.3, -0.25) is 9.52 Å². The Hall–Kier alpha value is -2.52. The normalized spacial score (nSPS) is 35.8. The molecular formula is C40H54ClN3O4S. The third-order valence-corrected chi connectivity index (χ3v) is 15.2. The minimum Gasteiger partial charge on any atom is -0.490 e. The lowest BCUT2D eigenvalue weighted by molar-refractivity contribution is -0.0830. The Balaban J connectivity index is 1.30. The van der Waals surface area contributed by atoms with Crippen LogP contribution in [0.5, 0.6) is 5.75 Å². The number of carbonyl (C=O) groups excluding carboxylic acids is 1. The Morgan fingerprint density at radius 3 is 2.69 bits per heavy atom. The number of nitrogens with one attached hydrogen (secondary N) is 1. The number of likely N-dealkylation sites (tertiary alicyclic amines) is 1. The molecule has 1 saturated carbocycles. The van der Waals surface area contributed by atoms with Gasteiger partial charge in [-0.05, 0) is 143 Å². The SMILES string of the molecule is C=S1(=O)NC(=O)c2ccc3c(c2)N(C[C@@H]2CC[C@H]2[C@@](CCN2CCCC2)(OC)/C=C/C[C@H](C)[C@H]1C)C[C@@]1(CCCc2cc(Cl)ccc21)CO3. The smallest absolute Gasteiger partial charge is 0.262 e. The van der Waals surface area contributed by atoms with Crippen molar-refractivity contribution in [3.8, 4) is 5.75 Å². The number of aryl methyl sites for hydroxylation is 1. The van der Waals surface area contributed by atoms with Crippen molar-refractivity contribution >= 4 is 38.8 Å². The van der Waals surface area contributed by atoms with Crippen LogP contribution in [0.2, 0.25) is 5.02 Å². The lowest BCUT2D eigenvalue weighted by Gasteiger charge is -2.51. The van der Waals surface area contributed by atoms with Crippen molar-refractivity contribution in [2.75, 3.05) is 51.3 Å². The summed E-state index contributed by atoms with van der Waals surface area (Å²) in [6, 6.07) is 12.0. The van der Waals surface area contributed by atoms with E-state index in [1.807, 2.05) is 32.2 Å². The summed E-state index contributed by atoms with van der Waals surface area (Å²) in [5.41, 5.74) is 3.44. The fourth-order valence-electron chi connectivity index (χ4n) is 9.38. The molecule has 3 heterocycles. The van der Waals surface area contributed by atoms with Crippen LogP contribution in [-0.2, 0) is 26.3 Å². The van der Waals surface area contributed by atoms with Crippen LogP contribution in [0.25, 0.3) is 0 Å². The number of halogens is 1. The Labute approximate surface area is 298 Å².